The molecule has 1 fully saturated rings. The fraction of sp³-hybridized carbons (Fsp3) is 0.538. The Balaban J connectivity index is 0.00000220. The number of methoxy groups -OCH3 is 1. The number of sulfonamides is 1. The summed E-state index contributed by atoms with van der Waals surface area (Å²) in [6.07, 6.45) is 3.54. The molecule has 0 saturated heterocycles. The predicted molar refractivity (Wildman–Crippen MR) is 88.5 cm³/mol. The summed E-state index contributed by atoms with van der Waals surface area (Å²) in [5, 5.41) is 0. The fourth-order valence-electron chi connectivity index (χ4n) is 2.60. The molecule has 0 unspecified atom stereocenters. The molecule has 21 heavy (non-hydrogen) atoms. The van der Waals surface area contributed by atoms with Gasteiger partial charge in [0, 0.05) is 16.6 Å². The Hall–Kier alpha value is -0.340. The van der Waals surface area contributed by atoms with Crippen LogP contribution in [-0.4, -0.2) is 27.6 Å². The summed E-state index contributed by atoms with van der Waals surface area (Å²) in [5.41, 5.74) is 5.27. The molecule has 0 amide bonds. The predicted octanol–water partition coefficient (Wildman–Crippen LogP) is 2.43. The molecule has 0 radical (unpaired) electrons. The van der Waals surface area contributed by atoms with E-state index in [4.69, 9.17) is 10.5 Å². The summed E-state index contributed by atoms with van der Waals surface area (Å²) in [7, 11) is -2.21. The highest BCUT2D eigenvalue weighted by Crippen LogP contribution is 2.33. The lowest BCUT2D eigenvalue weighted by atomic mass is 10.0. The van der Waals surface area contributed by atoms with Gasteiger partial charge in [0.1, 0.15) is 10.6 Å². The van der Waals surface area contributed by atoms with E-state index in [-0.39, 0.29) is 17.3 Å². The van der Waals surface area contributed by atoms with Crippen LogP contribution >= 0.6 is 28.3 Å². The lowest BCUT2D eigenvalue weighted by Crippen LogP contribution is -2.51. The van der Waals surface area contributed by atoms with Crippen LogP contribution < -0.4 is 15.2 Å². The lowest BCUT2D eigenvalue weighted by Gasteiger charge is -2.28. The van der Waals surface area contributed by atoms with Gasteiger partial charge in [-0.2, -0.15) is 0 Å². The molecule has 1 aromatic rings. The number of ether oxygens (including phenoxy) is 1. The lowest BCUT2D eigenvalue weighted by molar-refractivity contribution is 0.389. The van der Waals surface area contributed by atoms with Crippen LogP contribution in [0.1, 0.15) is 25.7 Å². The first-order valence-corrected chi connectivity index (χ1v) is 8.78. The zero-order valence-electron chi connectivity index (χ0n) is 11.8. The molecule has 0 aliphatic heterocycles. The minimum absolute atomic E-state index is 0. The summed E-state index contributed by atoms with van der Waals surface area (Å²) in [4.78, 5) is 0.133. The second-order valence-electron chi connectivity index (χ2n) is 5.09. The molecule has 8 heteroatoms. The van der Waals surface area contributed by atoms with Crippen LogP contribution in [0, 0.1) is 0 Å². The SMILES string of the molecule is COc1ccc(Br)cc1S(=O)(=O)NC1(CN)CCCC1.Cl. The summed E-state index contributed by atoms with van der Waals surface area (Å²) < 4.78 is 33.8. The zero-order valence-corrected chi connectivity index (χ0v) is 15.0. The first kappa shape index (κ1) is 18.7. The smallest absolute Gasteiger partial charge is 0.244 e. The molecule has 120 valence electrons. The molecule has 1 aliphatic rings. The largest absolute Gasteiger partial charge is 0.495 e. The molecule has 0 spiro atoms. The van der Waals surface area contributed by atoms with E-state index in [0.29, 0.717) is 16.8 Å². The van der Waals surface area contributed by atoms with Gasteiger partial charge >= 0.3 is 0 Å². The highest BCUT2D eigenvalue weighted by atomic mass is 79.9. The van der Waals surface area contributed by atoms with Crippen molar-refractivity contribution in [2.75, 3.05) is 13.7 Å². The number of rotatable bonds is 5. The van der Waals surface area contributed by atoms with Gasteiger partial charge in [-0.3, -0.25) is 0 Å². The van der Waals surface area contributed by atoms with E-state index in [1.54, 1.807) is 18.2 Å². The Labute approximate surface area is 140 Å². The van der Waals surface area contributed by atoms with Gasteiger partial charge in [0.05, 0.1) is 7.11 Å². The van der Waals surface area contributed by atoms with E-state index >= 15 is 0 Å². The van der Waals surface area contributed by atoms with Crippen LogP contribution in [-0.2, 0) is 10.0 Å². The van der Waals surface area contributed by atoms with E-state index in [9.17, 15) is 8.42 Å². The molecule has 1 saturated carbocycles. The van der Waals surface area contributed by atoms with Crippen molar-refractivity contribution in [3.63, 3.8) is 0 Å². The maximum atomic E-state index is 12.6. The van der Waals surface area contributed by atoms with Crippen molar-refractivity contribution < 1.29 is 13.2 Å². The molecular weight excluding hydrogens is 380 g/mol. The average Bonchev–Trinajstić information content (AvgIpc) is 2.87. The van der Waals surface area contributed by atoms with E-state index in [1.165, 1.54) is 7.11 Å². The second kappa shape index (κ2) is 7.28. The third-order valence-electron chi connectivity index (χ3n) is 3.72. The zero-order chi connectivity index (χ0) is 14.8. The minimum Gasteiger partial charge on any atom is -0.495 e. The van der Waals surface area contributed by atoms with Crippen molar-refractivity contribution in [2.24, 2.45) is 5.73 Å². The molecule has 0 aromatic heterocycles. The van der Waals surface area contributed by atoms with Gasteiger partial charge in [-0.05, 0) is 31.0 Å². The molecule has 0 bridgehead atoms. The molecular formula is C13H20BrClN2O3S. The number of hydrogen-bond donors (Lipinski definition) is 2. The summed E-state index contributed by atoms with van der Waals surface area (Å²) in [6, 6.07) is 4.91. The first-order valence-electron chi connectivity index (χ1n) is 6.50. The standard InChI is InChI=1S/C13H19BrN2O3S.ClH/c1-19-11-5-4-10(14)8-12(11)20(17,18)16-13(9-15)6-2-3-7-13;/h4-5,8,16H,2-3,6-7,9,15H2,1H3;1H. The summed E-state index contributed by atoms with van der Waals surface area (Å²) >= 11 is 3.29. The Morgan fingerprint density at radius 1 is 1.38 bits per heavy atom. The van der Waals surface area contributed by atoms with Crippen molar-refractivity contribution in [3.8, 4) is 5.75 Å². The van der Waals surface area contributed by atoms with Gasteiger partial charge in [-0.25, -0.2) is 13.1 Å². The molecule has 1 aliphatic carbocycles. The van der Waals surface area contributed by atoms with Crippen LogP contribution in [0.25, 0.3) is 0 Å². The van der Waals surface area contributed by atoms with Crippen molar-refractivity contribution in [3.05, 3.63) is 22.7 Å². The van der Waals surface area contributed by atoms with Gasteiger partial charge in [0.15, 0.2) is 0 Å². The number of benzene rings is 1. The topological polar surface area (TPSA) is 81.4 Å². The van der Waals surface area contributed by atoms with Gasteiger partial charge in [0.25, 0.3) is 0 Å². The van der Waals surface area contributed by atoms with Crippen LogP contribution in [0.2, 0.25) is 0 Å². The normalized spacial score (nSPS) is 17.3. The number of nitrogens with one attached hydrogen (secondary N) is 1. The first-order chi connectivity index (χ1) is 9.42. The summed E-state index contributed by atoms with van der Waals surface area (Å²) in [6.45, 7) is 0.308. The monoisotopic (exact) mass is 398 g/mol. The molecule has 1 aromatic carbocycles. The molecule has 0 atom stereocenters. The highest BCUT2D eigenvalue weighted by Gasteiger charge is 2.37. The van der Waals surface area contributed by atoms with Gasteiger partial charge in [-0.1, -0.05) is 28.8 Å². The van der Waals surface area contributed by atoms with Gasteiger partial charge in [0.2, 0.25) is 10.0 Å². The van der Waals surface area contributed by atoms with Crippen molar-refractivity contribution in [2.45, 2.75) is 36.1 Å². The number of hydrogen-bond acceptors (Lipinski definition) is 4. The highest BCUT2D eigenvalue weighted by molar-refractivity contribution is 9.10. The average molecular weight is 400 g/mol. The number of halogens is 2. The molecule has 0 heterocycles. The molecule has 3 N–H and O–H groups in total. The number of nitrogens with two attached hydrogens (primary N) is 1. The van der Waals surface area contributed by atoms with Gasteiger partial charge in [-0.15, -0.1) is 12.4 Å². The van der Waals surface area contributed by atoms with Crippen molar-refractivity contribution >= 4 is 38.4 Å². The minimum atomic E-state index is -3.66. The maximum absolute atomic E-state index is 12.6. The van der Waals surface area contributed by atoms with Crippen LogP contribution in [0.15, 0.2) is 27.6 Å². The Morgan fingerprint density at radius 2 is 2.00 bits per heavy atom. The van der Waals surface area contributed by atoms with Gasteiger partial charge < -0.3 is 10.5 Å². The van der Waals surface area contributed by atoms with E-state index in [2.05, 4.69) is 20.7 Å². The van der Waals surface area contributed by atoms with Crippen molar-refractivity contribution in [1.29, 1.82) is 0 Å². The molecule has 2 rings (SSSR count). The Bertz CT molecular complexity index is 589. The summed E-state index contributed by atoms with van der Waals surface area (Å²) in [5.74, 6) is 0.325. The Morgan fingerprint density at radius 3 is 2.52 bits per heavy atom. The molecule has 5 nitrogen and oxygen atoms in total. The van der Waals surface area contributed by atoms with E-state index < -0.39 is 15.6 Å². The van der Waals surface area contributed by atoms with E-state index in [0.717, 1.165) is 25.7 Å². The maximum Gasteiger partial charge on any atom is 0.244 e. The Kier molecular flexibility index (Phi) is 6.49. The van der Waals surface area contributed by atoms with E-state index in [1.807, 2.05) is 0 Å². The van der Waals surface area contributed by atoms with Crippen LogP contribution in [0.4, 0.5) is 0 Å². The third-order valence-corrected chi connectivity index (χ3v) is 5.81. The van der Waals surface area contributed by atoms with Crippen molar-refractivity contribution in [1.82, 2.24) is 4.72 Å². The fourth-order valence-corrected chi connectivity index (χ4v) is 4.78. The van der Waals surface area contributed by atoms with Crippen LogP contribution in [0.3, 0.4) is 0 Å². The quantitative estimate of drug-likeness (QED) is 0.797. The third kappa shape index (κ3) is 4.10. The van der Waals surface area contributed by atoms with Crippen LogP contribution in [0.5, 0.6) is 5.75 Å². The second-order valence-corrected chi connectivity index (χ2v) is 7.66.